The van der Waals surface area contributed by atoms with E-state index in [2.05, 4.69) is 208 Å². The first kappa shape index (κ1) is 35.1. The Kier molecular flexibility index (Phi) is 8.68. The lowest BCUT2D eigenvalue weighted by Crippen LogP contribution is -2.02. The maximum atomic E-state index is 5.21. The second-order valence-electron chi connectivity index (χ2n) is 15.6. The van der Waals surface area contributed by atoms with Gasteiger partial charge in [-0.1, -0.05) is 156 Å². The Morgan fingerprint density at radius 3 is 1.12 bits per heavy atom. The molecule has 0 bridgehead atoms. The van der Waals surface area contributed by atoms with Crippen LogP contribution in [0.15, 0.2) is 170 Å². The van der Waals surface area contributed by atoms with Crippen LogP contribution in [0.2, 0.25) is 0 Å². The lowest BCUT2D eigenvalue weighted by molar-refractivity contribution is 1.35. The summed E-state index contributed by atoms with van der Waals surface area (Å²) in [6.07, 6.45) is 0. The molecule has 2 aromatic heterocycles. The summed E-state index contributed by atoms with van der Waals surface area (Å²) in [5.74, 6) is 1.57. The molecule has 0 radical (unpaired) electrons. The zero-order valence-corrected chi connectivity index (χ0v) is 33.1. The van der Waals surface area contributed by atoms with Gasteiger partial charge in [0.15, 0.2) is 0 Å². The topological polar surface area (TPSA) is 49.8 Å². The van der Waals surface area contributed by atoms with E-state index in [0.717, 1.165) is 88.6 Å². The van der Waals surface area contributed by atoms with E-state index in [4.69, 9.17) is 9.97 Å². The van der Waals surface area contributed by atoms with Crippen molar-refractivity contribution >= 4 is 66.4 Å². The van der Waals surface area contributed by atoms with Gasteiger partial charge in [-0.3, -0.25) is 0 Å². The molecular weight excluding hydrogens is 705 g/mol. The summed E-state index contributed by atoms with van der Waals surface area (Å²) in [4.78, 5) is 10.4. The Balaban J connectivity index is 1.18. The van der Waals surface area contributed by atoms with Crippen molar-refractivity contribution in [3.05, 3.63) is 192 Å². The van der Waals surface area contributed by atoms with E-state index in [1.165, 1.54) is 33.4 Å². The molecule has 4 nitrogen and oxygen atoms in total. The maximum absolute atomic E-state index is 5.21. The maximum Gasteiger partial charge on any atom is 0.131 e. The van der Waals surface area contributed by atoms with Crippen LogP contribution in [0, 0.1) is 27.7 Å². The van der Waals surface area contributed by atoms with Crippen molar-refractivity contribution in [3.63, 3.8) is 0 Å². The molecule has 0 aliphatic rings. The van der Waals surface area contributed by atoms with Gasteiger partial charge in [-0.25, -0.2) is 9.97 Å². The average Bonchev–Trinajstić information content (AvgIpc) is 3.22. The molecule has 10 rings (SSSR count). The van der Waals surface area contributed by atoms with Gasteiger partial charge in [0.05, 0.1) is 11.0 Å². The summed E-state index contributed by atoms with van der Waals surface area (Å²) in [6, 6.07) is 60.8. The molecule has 2 N–H and O–H groups in total. The second-order valence-corrected chi connectivity index (χ2v) is 15.6. The predicted molar refractivity (Wildman–Crippen MR) is 247 cm³/mol. The molecule has 0 amide bonds. The van der Waals surface area contributed by atoms with E-state index in [-0.39, 0.29) is 0 Å². The highest BCUT2D eigenvalue weighted by molar-refractivity contribution is 6.14. The molecule has 0 saturated heterocycles. The lowest BCUT2D eigenvalue weighted by Gasteiger charge is -2.21. The molecular formula is C54H42N4. The number of para-hydroxylation sites is 2. The lowest BCUT2D eigenvalue weighted by atomic mass is 9.90. The highest BCUT2D eigenvalue weighted by atomic mass is 15.0. The van der Waals surface area contributed by atoms with Crippen LogP contribution in [-0.4, -0.2) is 9.97 Å². The van der Waals surface area contributed by atoms with Crippen molar-refractivity contribution in [2.75, 3.05) is 10.6 Å². The van der Waals surface area contributed by atoms with Gasteiger partial charge in [-0.2, -0.15) is 0 Å². The molecule has 4 heteroatoms. The molecule has 0 fully saturated rings. The van der Waals surface area contributed by atoms with E-state index in [1.807, 2.05) is 0 Å². The number of aryl methyl sites for hydroxylation is 4. The number of rotatable bonds is 7. The monoisotopic (exact) mass is 746 g/mol. The Morgan fingerprint density at radius 1 is 0.345 bits per heavy atom. The van der Waals surface area contributed by atoms with E-state index in [9.17, 15) is 0 Å². The smallest absolute Gasteiger partial charge is 0.131 e. The number of benzene rings is 8. The Morgan fingerprint density at radius 2 is 0.707 bits per heavy atom. The SMILES string of the molecule is Cc1cc(C)cc(-c2cc(Nc3ccc4ccccc4c3-c3c(Nc4cc(-c5cc(C)cc(C)c5)c5ccccc5n4)ccc4ccccc34)nc3ccccc23)c1. The zero-order valence-electron chi connectivity index (χ0n) is 33.1. The van der Waals surface area contributed by atoms with Crippen LogP contribution < -0.4 is 10.6 Å². The molecule has 278 valence electrons. The van der Waals surface area contributed by atoms with Crippen molar-refractivity contribution in [3.8, 4) is 33.4 Å². The van der Waals surface area contributed by atoms with Gasteiger partial charge >= 0.3 is 0 Å². The third-order valence-corrected chi connectivity index (χ3v) is 11.1. The van der Waals surface area contributed by atoms with E-state index in [1.54, 1.807) is 0 Å². The fraction of sp³-hybridized carbons (Fsp3) is 0.0741. The normalized spacial score (nSPS) is 11.4. The van der Waals surface area contributed by atoms with Crippen LogP contribution in [0.5, 0.6) is 0 Å². The molecule has 0 spiro atoms. The Bertz CT molecular complexity index is 2980. The van der Waals surface area contributed by atoms with Crippen LogP contribution in [-0.2, 0) is 0 Å². The summed E-state index contributed by atoms with van der Waals surface area (Å²) in [5.41, 5.74) is 15.6. The van der Waals surface area contributed by atoms with E-state index >= 15 is 0 Å². The number of pyridine rings is 2. The Labute approximate surface area is 338 Å². The van der Waals surface area contributed by atoms with Crippen LogP contribution in [0.1, 0.15) is 22.3 Å². The standard InChI is InChI=1S/C54H42N4/c1-33-25-34(2)28-39(27-33)45-31-51(55-47-19-11-9-17-43(45)47)57-49-23-21-37-13-5-7-15-41(37)53(49)54-42-16-8-6-14-38(42)22-24-50(54)58-52-32-46(40-29-35(3)26-36(4)30-40)44-18-10-12-20-48(44)56-52/h5-32H,1-4H3,(H,55,57)(H,56,58). The quantitative estimate of drug-likeness (QED) is 0.170. The molecule has 8 aromatic carbocycles. The summed E-state index contributed by atoms with van der Waals surface area (Å²) in [6.45, 7) is 8.64. The van der Waals surface area contributed by atoms with Crippen LogP contribution in [0.4, 0.5) is 23.0 Å². The first-order valence-corrected chi connectivity index (χ1v) is 19.9. The van der Waals surface area contributed by atoms with E-state index in [0.29, 0.717) is 0 Å². The van der Waals surface area contributed by atoms with Gasteiger partial charge in [-0.05, 0) is 108 Å². The van der Waals surface area contributed by atoms with Crippen molar-refractivity contribution in [1.29, 1.82) is 0 Å². The fourth-order valence-electron chi connectivity index (χ4n) is 8.78. The Hall–Kier alpha value is -7.30. The van der Waals surface area contributed by atoms with Gasteiger partial charge in [0.1, 0.15) is 11.6 Å². The second kappa shape index (κ2) is 14.3. The van der Waals surface area contributed by atoms with Gasteiger partial charge in [0.2, 0.25) is 0 Å². The van der Waals surface area contributed by atoms with Gasteiger partial charge in [0.25, 0.3) is 0 Å². The molecule has 2 heterocycles. The van der Waals surface area contributed by atoms with Crippen molar-refractivity contribution in [2.45, 2.75) is 27.7 Å². The van der Waals surface area contributed by atoms with Crippen molar-refractivity contribution in [2.24, 2.45) is 0 Å². The van der Waals surface area contributed by atoms with Crippen LogP contribution >= 0.6 is 0 Å². The fourth-order valence-corrected chi connectivity index (χ4v) is 8.78. The van der Waals surface area contributed by atoms with Gasteiger partial charge in [-0.15, -0.1) is 0 Å². The minimum atomic E-state index is 0.786. The predicted octanol–water partition coefficient (Wildman–Crippen LogP) is 14.8. The van der Waals surface area contributed by atoms with Crippen LogP contribution in [0.3, 0.4) is 0 Å². The number of hydrogen-bond donors (Lipinski definition) is 2. The summed E-state index contributed by atoms with van der Waals surface area (Å²) in [7, 11) is 0. The van der Waals surface area contributed by atoms with Crippen molar-refractivity contribution < 1.29 is 0 Å². The summed E-state index contributed by atoms with van der Waals surface area (Å²) in [5, 5.41) is 14.6. The third-order valence-electron chi connectivity index (χ3n) is 11.1. The molecule has 0 unspecified atom stereocenters. The molecule has 0 saturated carbocycles. The zero-order chi connectivity index (χ0) is 39.3. The average molecular weight is 747 g/mol. The first-order chi connectivity index (χ1) is 28.3. The third kappa shape index (κ3) is 6.49. The summed E-state index contributed by atoms with van der Waals surface area (Å²) < 4.78 is 0. The number of fused-ring (bicyclic) bond motifs is 4. The highest BCUT2D eigenvalue weighted by Crippen LogP contribution is 2.46. The number of nitrogens with zero attached hydrogens (tertiary/aromatic N) is 2. The molecule has 0 aliphatic carbocycles. The molecule has 0 aliphatic heterocycles. The van der Waals surface area contributed by atoms with Gasteiger partial charge < -0.3 is 10.6 Å². The minimum Gasteiger partial charge on any atom is -0.340 e. The minimum absolute atomic E-state index is 0.786. The van der Waals surface area contributed by atoms with E-state index < -0.39 is 0 Å². The number of hydrogen-bond acceptors (Lipinski definition) is 4. The molecule has 0 atom stereocenters. The number of nitrogens with one attached hydrogen (secondary N) is 2. The summed E-state index contributed by atoms with van der Waals surface area (Å²) >= 11 is 0. The van der Waals surface area contributed by atoms with Gasteiger partial charge in [0, 0.05) is 33.3 Å². The van der Waals surface area contributed by atoms with Crippen LogP contribution in [0.25, 0.3) is 76.7 Å². The number of aromatic nitrogens is 2. The molecule has 10 aromatic rings. The first-order valence-electron chi connectivity index (χ1n) is 19.9. The largest absolute Gasteiger partial charge is 0.340 e. The van der Waals surface area contributed by atoms with Crippen molar-refractivity contribution in [1.82, 2.24) is 9.97 Å². The molecule has 58 heavy (non-hydrogen) atoms. The highest BCUT2D eigenvalue weighted by Gasteiger charge is 2.20. The number of anilines is 4.